The molecule has 7 heteroatoms. The molecular weight excluding hydrogens is 290 g/mol. The molecule has 1 fully saturated rings. The summed E-state index contributed by atoms with van der Waals surface area (Å²) in [5, 5.41) is 3.08. The van der Waals surface area contributed by atoms with Gasteiger partial charge in [0.2, 0.25) is 10.0 Å². The van der Waals surface area contributed by atoms with Crippen molar-refractivity contribution >= 4 is 15.7 Å². The third kappa shape index (κ3) is 3.53. The van der Waals surface area contributed by atoms with Crippen molar-refractivity contribution in [3.05, 3.63) is 18.5 Å². The number of rotatable bonds is 4. The Kier molecular flexibility index (Phi) is 4.55. The first-order chi connectivity index (χ1) is 9.76. The summed E-state index contributed by atoms with van der Waals surface area (Å²) in [4.78, 5) is 4.19. The van der Waals surface area contributed by atoms with Crippen molar-refractivity contribution in [1.29, 1.82) is 0 Å². The first-order valence-electron chi connectivity index (χ1n) is 7.12. The smallest absolute Gasteiger partial charge is 0.246 e. The fraction of sp³-hybridized carbons (Fsp3) is 0.643. The van der Waals surface area contributed by atoms with E-state index in [2.05, 4.69) is 10.3 Å². The van der Waals surface area contributed by atoms with Crippen LogP contribution in [0.25, 0.3) is 0 Å². The van der Waals surface area contributed by atoms with Gasteiger partial charge in [0.15, 0.2) is 0 Å². The monoisotopic (exact) mass is 313 g/mol. The molecule has 0 saturated carbocycles. The Bertz CT molecular complexity index is 601. The molecule has 0 spiro atoms. The maximum atomic E-state index is 12.9. The van der Waals surface area contributed by atoms with E-state index in [1.807, 2.05) is 27.7 Å². The van der Waals surface area contributed by atoms with E-state index < -0.39 is 15.6 Å². The second-order valence-corrected chi connectivity index (χ2v) is 7.79. The molecule has 0 aromatic carbocycles. The number of sulfonamides is 1. The fourth-order valence-electron chi connectivity index (χ4n) is 2.64. The molecule has 1 aliphatic rings. The molecule has 1 N–H and O–H groups in total. The molecular formula is C14H23N3O3S. The number of nitrogens with zero attached hydrogens (tertiary/aromatic N) is 2. The third-order valence-corrected chi connectivity index (χ3v) is 5.15. The van der Waals surface area contributed by atoms with Crippen LogP contribution in [0.1, 0.15) is 27.7 Å². The van der Waals surface area contributed by atoms with Crippen molar-refractivity contribution in [2.75, 3.05) is 25.0 Å². The van der Waals surface area contributed by atoms with E-state index in [0.717, 1.165) is 0 Å². The third-order valence-electron chi connectivity index (χ3n) is 3.31. The molecule has 21 heavy (non-hydrogen) atoms. The van der Waals surface area contributed by atoms with Crippen LogP contribution in [0, 0.1) is 0 Å². The van der Waals surface area contributed by atoms with Gasteiger partial charge in [-0.3, -0.25) is 4.98 Å². The van der Waals surface area contributed by atoms with Crippen LogP contribution in [-0.2, 0) is 14.8 Å². The van der Waals surface area contributed by atoms with Crippen LogP contribution >= 0.6 is 0 Å². The molecule has 1 unspecified atom stereocenters. The number of pyridine rings is 1. The molecule has 0 bridgehead atoms. The normalized spacial score (nSPS) is 23.0. The van der Waals surface area contributed by atoms with Crippen molar-refractivity contribution in [2.45, 2.75) is 44.3 Å². The van der Waals surface area contributed by atoms with Gasteiger partial charge in [0.25, 0.3) is 0 Å². The van der Waals surface area contributed by atoms with Crippen LogP contribution in [0.3, 0.4) is 0 Å². The average molecular weight is 313 g/mol. The molecule has 1 saturated heterocycles. The van der Waals surface area contributed by atoms with Crippen molar-refractivity contribution < 1.29 is 13.2 Å². The van der Waals surface area contributed by atoms with Crippen molar-refractivity contribution in [3.8, 4) is 0 Å². The van der Waals surface area contributed by atoms with E-state index >= 15 is 0 Å². The van der Waals surface area contributed by atoms with Gasteiger partial charge < -0.3 is 10.1 Å². The predicted molar refractivity (Wildman–Crippen MR) is 81.8 cm³/mol. The van der Waals surface area contributed by atoms with Crippen LogP contribution in [-0.4, -0.2) is 49.0 Å². The van der Waals surface area contributed by atoms with Crippen molar-refractivity contribution in [1.82, 2.24) is 9.29 Å². The summed E-state index contributed by atoms with van der Waals surface area (Å²) in [6.45, 7) is 8.96. The average Bonchev–Trinajstić information content (AvgIpc) is 2.37. The molecule has 1 aromatic rings. The topological polar surface area (TPSA) is 71.5 Å². The number of nitrogens with one attached hydrogen (secondary N) is 1. The summed E-state index contributed by atoms with van der Waals surface area (Å²) >= 11 is 0. The second-order valence-electron chi connectivity index (χ2n) is 5.89. The lowest BCUT2D eigenvalue weighted by atomic mass is 10.1. The van der Waals surface area contributed by atoms with E-state index in [0.29, 0.717) is 25.3 Å². The summed E-state index contributed by atoms with van der Waals surface area (Å²) in [7, 11) is -3.59. The number of hydrogen-bond donors (Lipinski definition) is 1. The fourth-order valence-corrected chi connectivity index (χ4v) is 4.42. The van der Waals surface area contributed by atoms with E-state index in [-0.39, 0.29) is 11.0 Å². The Morgan fingerprint density at radius 2 is 2.24 bits per heavy atom. The minimum absolute atomic E-state index is 0.136. The molecule has 6 nitrogen and oxygen atoms in total. The standard InChI is InChI=1S/C14H23N3O3S/c1-5-16-12-6-7-15-8-13(12)21(18,19)17-9-11(2)20-14(3,4)10-17/h6-8,11H,5,9-10H2,1-4H3,(H,15,16). The molecule has 2 rings (SSSR count). The maximum Gasteiger partial charge on any atom is 0.246 e. The van der Waals surface area contributed by atoms with Gasteiger partial charge in [-0.15, -0.1) is 0 Å². The Hall–Kier alpha value is -1.18. The van der Waals surface area contributed by atoms with Crippen molar-refractivity contribution in [2.24, 2.45) is 0 Å². The van der Waals surface area contributed by atoms with Crippen molar-refractivity contribution in [3.63, 3.8) is 0 Å². The predicted octanol–water partition coefficient (Wildman–Crippen LogP) is 1.70. The van der Waals surface area contributed by atoms with E-state index in [4.69, 9.17) is 4.74 Å². The summed E-state index contributed by atoms with van der Waals surface area (Å²) < 4.78 is 33.1. The zero-order valence-electron chi connectivity index (χ0n) is 13.0. The highest BCUT2D eigenvalue weighted by molar-refractivity contribution is 7.89. The Morgan fingerprint density at radius 1 is 1.52 bits per heavy atom. The molecule has 0 amide bonds. The van der Waals surface area contributed by atoms with Crippen LogP contribution in [0.15, 0.2) is 23.4 Å². The summed E-state index contributed by atoms with van der Waals surface area (Å²) in [5.41, 5.74) is 0.0927. The molecule has 1 atom stereocenters. The van der Waals surface area contributed by atoms with Crippen LogP contribution in [0.5, 0.6) is 0 Å². The van der Waals surface area contributed by atoms with E-state index in [1.54, 1.807) is 12.3 Å². The SMILES string of the molecule is CCNc1ccncc1S(=O)(=O)N1CC(C)OC(C)(C)C1. The minimum Gasteiger partial charge on any atom is -0.384 e. The summed E-state index contributed by atoms with van der Waals surface area (Å²) in [6.07, 6.45) is 2.85. The highest BCUT2D eigenvalue weighted by Crippen LogP contribution is 2.29. The quantitative estimate of drug-likeness (QED) is 0.916. The lowest BCUT2D eigenvalue weighted by Gasteiger charge is -2.41. The lowest BCUT2D eigenvalue weighted by molar-refractivity contribution is -0.109. The Balaban J connectivity index is 2.38. The van der Waals surface area contributed by atoms with Gasteiger partial charge in [-0.2, -0.15) is 4.31 Å². The highest BCUT2D eigenvalue weighted by Gasteiger charge is 2.38. The number of anilines is 1. The molecule has 0 aliphatic carbocycles. The zero-order chi connectivity index (χ0) is 15.7. The molecule has 118 valence electrons. The minimum atomic E-state index is -3.59. The number of aromatic nitrogens is 1. The van der Waals surface area contributed by atoms with Crippen LogP contribution in [0.4, 0.5) is 5.69 Å². The summed E-state index contributed by atoms with van der Waals surface area (Å²) in [6, 6.07) is 1.69. The molecule has 1 aromatic heterocycles. The number of ether oxygens (including phenoxy) is 1. The second kappa shape index (κ2) is 5.90. The number of morpholine rings is 1. The molecule has 0 radical (unpaired) electrons. The number of hydrogen-bond acceptors (Lipinski definition) is 5. The highest BCUT2D eigenvalue weighted by atomic mass is 32.2. The van der Waals surface area contributed by atoms with E-state index in [9.17, 15) is 8.42 Å². The largest absolute Gasteiger partial charge is 0.384 e. The van der Waals surface area contributed by atoms with Gasteiger partial charge in [0, 0.05) is 32.0 Å². The van der Waals surface area contributed by atoms with Gasteiger partial charge in [-0.05, 0) is 33.8 Å². The molecule has 2 heterocycles. The van der Waals surface area contributed by atoms with Crippen LogP contribution in [0.2, 0.25) is 0 Å². The first-order valence-corrected chi connectivity index (χ1v) is 8.56. The first kappa shape index (κ1) is 16.2. The maximum absolute atomic E-state index is 12.9. The van der Waals surface area contributed by atoms with Gasteiger partial charge in [-0.25, -0.2) is 8.42 Å². The zero-order valence-corrected chi connectivity index (χ0v) is 13.8. The van der Waals surface area contributed by atoms with Gasteiger partial charge in [-0.1, -0.05) is 0 Å². The van der Waals surface area contributed by atoms with Crippen LogP contribution < -0.4 is 5.32 Å². The summed E-state index contributed by atoms with van der Waals surface area (Å²) in [5.74, 6) is 0. The molecule has 1 aliphatic heterocycles. The Labute approximate surface area is 126 Å². The van der Waals surface area contributed by atoms with Gasteiger partial charge in [0.1, 0.15) is 4.90 Å². The lowest BCUT2D eigenvalue weighted by Crippen LogP contribution is -2.53. The van der Waals surface area contributed by atoms with E-state index in [1.165, 1.54) is 10.5 Å². The Morgan fingerprint density at radius 3 is 2.86 bits per heavy atom. The van der Waals surface area contributed by atoms with Gasteiger partial charge in [0.05, 0.1) is 17.4 Å². The van der Waals surface area contributed by atoms with Gasteiger partial charge >= 0.3 is 0 Å².